The third-order valence-corrected chi connectivity index (χ3v) is 6.74. The summed E-state index contributed by atoms with van der Waals surface area (Å²) in [5, 5.41) is 0. The van der Waals surface area contributed by atoms with E-state index in [0.29, 0.717) is 31.1 Å². The van der Waals surface area contributed by atoms with Gasteiger partial charge in [0.25, 0.3) is 0 Å². The lowest BCUT2D eigenvalue weighted by Gasteiger charge is -2.54. The first-order chi connectivity index (χ1) is 12.2. The van der Waals surface area contributed by atoms with E-state index in [1.165, 1.54) is 0 Å². The van der Waals surface area contributed by atoms with Crippen LogP contribution in [0.5, 0.6) is 0 Å². The first-order valence-electron chi connectivity index (χ1n) is 9.24. The Bertz CT molecular complexity index is 661. The largest absolute Gasteiger partial charge is 0.356 e. The van der Waals surface area contributed by atoms with Crippen molar-refractivity contribution in [3.8, 4) is 0 Å². The van der Waals surface area contributed by atoms with Crippen molar-refractivity contribution in [2.45, 2.75) is 50.5 Å². The number of carbonyl (C=O) groups excluding carboxylic acids is 1. The summed E-state index contributed by atoms with van der Waals surface area (Å²) in [6, 6.07) is 10.0. The van der Waals surface area contributed by atoms with Crippen LogP contribution >= 0.6 is 0 Å². The van der Waals surface area contributed by atoms with E-state index in [2.05, 4.69) is 0 Å². The second kappa shape index (κ2) is 5.88. The highest BCUT2D eigenvalue weighted by Crippen LogP contribution is 2.64. The minimum Gasteiger partial charge on any atom is -0.356 e. The summed E-state index contributed by atoms with van der Waals surface area (Å²) in [6.45, 7) is 0.472. The van der Waals surface area contributed by atoms with Gasteiger partial charge in [0.15, 0.2) is 12.6 Å². The van der Waals surface area contributed by atoms with E-state index in [-0.39, 0.29) is 29.8 Å². The van der Waals surface area contributed by atoms with Crippen LogP contribution in [0.2, 0.25) is 0 Å². The van der Waals surface area contributed by atoms with Gasteiger partial charge < -0.3 is 18.9 Å². The zero-order chi connectivity index (χ0) is 17.0. The molecule has 4 aliphatic rings. The highest BCUT2D eigenvalue weighted by molar-refractivity contribution is 5.82. The van der Waals surface area contributed by atoms with Gasteiger partial charge in [0.05, 0.1) is 12.7 Å². The highest BCUT2D eigenvalue weighted by Gasteiger charge is 2.67. The summed E-state index contributed by atoms with van der Waals surface area (Å²) < 4.78 is 24.3. The molecule has 5 rings (SSSR count). The number of fused-ring (bicyclic) bond motifs is 1. The number of Topliss-reactive ketones (excluding diaryl/α,β-unsaturated/α-hetero) is 1. The Morgan fingerprint density at radius 2 is 2.00 bits per heavy atom. The number of hydrogen-bond acceptors (Lipinski definition) is 5. The molecule has 1 aromatic rings. The van der Waals surface area contributed by atoms with Crippen molar-refractivity contribution in [1.82, 2.24) is 0 Å². The average molecular weight is 344 g/mol. The topological polar surface area (TPSA) is 54.0 Å². The maximum atomic E-state index is 12.4. The lowest BCUT2D eigenvalue weighted by Crippen LogP contribution is -2.62. The summed E-state index contributed by atoms with van der Waals surface area (Å²) in [7, 11) is 1.69. The Kier molecular flexibility index (Phi) is 3.75. The fourth-order valence-electron chi connectivity index (χ4n) is 5.80. The number of hydrogen-bond donors (Lipinski definition) is 0. The van der Waals surface area contributed by atoms with E-state index in [1.807, 2.05) is 30.3 Å². The van der Waals surface area contributed by atoms with E-state index in [0.717, 1.165) is 18.4 Å². The van der Waals surface area contributed by atoms with E-state index in [1.54, 1.807) is 7.11 Å². The van der Waals surface area contributed by atoms with Crippen LogP contribution in [-0.2, 0) is 23.7 Å². The van der Waals surface area contributed by atoms with Gasteiger partial charge in [0.2, 0.25) is 0 Å². The van der Waals surface area contributed by atoms with Gasteiger partial charge >= 0.3 is 0 Å². The van der Waals surface area contributed by atoms with Crippen molar-refractivity contribution in [3.05, 3.63) is 35.9 Å². The molecule has 0 bridgehead atoms. The highest BCUT2D eigenvalue weighted by atomic mass is 16.7. The van der Waals surface area contributed by atoms with Crippen molar-refractivity contribution in [3.63, 3.8) is 0 Å². The normalized spacial score (nSPS) is 45.7. The van der Waals surface area contributed by atoms with Crippen LogP contribution < -0.4 is 0 Å². The molecule has 2 heterocycles. The molecule has 4 fully saturated rings. The molecule has 134 valence electrons. The molecular formula is C20H24O5. The van der Waals surface area contributed by atoms with Crippen LogP contribution in [0.3, 0.4) is 0 Å². The van der Waals surface area contributed by atoms with Crippen LogP contribution in [0.4, 0.5) is 0 Å². The number of ketones is 1. The molecule has 1 unspecified atom stereocenters. The van der Waals surface area contributed by atoms with Crippen LogP contribution in [-0.4, -0.2) is 38.0 Å². The fourth-order valence-corrected chi connectivity index (χ4v) is 5.80. The van der Waals surface area contributed by atoms with Gasteiger partial charge in [-0.05, 0) is 18.8 Å². The summed E-state index contributed by atoms with van der Waals surface area (Å²) in [5.41, 5.74) is 0.860. The zero-order valence-electron chi connectivity index (χ0n) is 14.4. The molecule has 5 heteroatoms. The van der Waals surface area contributed by atoms with Gasteiger partial charge in [-0.1, -0.05) is 30.3 Å². The van der Waals surface area contributed by atoms with Crippen molar-refractivity contribution < 1.29 is 23.7 Å². The molecule has 2 saturated carbocycles. The van der Waals surface area contributed by atoms with E-state index < -0.39 is 6.29 Å². The summed E-state index contributed by atoms with van der Waals surface area (Å²) >= 11 is 0. The maximum Gasteiger partial charge on any atom is 0.184 e. The van der Waals surface area contributed by atoms with Crippen molar-refractivity contribution in [2.24, 2.45) is 17.3 Å². The Hall–Kier alpha value is -1.27. The minimum atomic E-state index is -0.392. The predicted molar refractivity (Wildman–Crippen MR) is 88.6 cm³/mol. The molecule has 0 aromatic heterocycles. The number of ether oxygens (including phenoxy) is 4. The van der Waals surface area contributed by atoms with Crippen molar-refractivity contribution in [2.75, 3.05) is 13.7 Å². The second-order valence-corrected chi connectivity index (χ2v) is 7.82. The summed E-state index contributed by atoms with van der Waals surface area (Å²) in [5.74, 6) is 0.967. The van der Waals surface area contributed by atoms with Crippen LogP contribution in [0.25, 0.3) is 0 Å². The molecule has 2 aliphatic heterocycles. The van der Waals surface area contributed by atoms with Gasteiger partial charge in [0.1, 0.15) is 11.9 Å². The molecule has 7 atom stereocenters. The number of rotatable bonds is 2. The lowest BCUT2D eigenvalue weighted by atomic mass is 9.65. The molecule has 0 amide bonds. The van der Waals surface area contributed by atoms with Crippen LogP contribution in [0, 0.1) is 17.3 Å². The third kappa shape index (κ3) is 2.26. The third-order valence-electron chi connectivity index (χ3n) is 6.74. The minimum absolute atomic E-state index is 0.109. The second-order valence-electron chi connectivity index (χ2n) is 7.82. The van der Waals surface area contributed by atoms with Crippen LogP contribution in [0.15, 0.2) is 30.3 Å². The van der Waals surface area contributed by atoms with E-state index in [9.17, 15) is 4.79 Å². The monoisotopic (exact) mass is 344 g/mol. The SMILES string of the molecule is CO[C@H]1O[C@@H]2CO[C@@H](c3ccccc3)O[C@H]2[C@@]23CC(=O)CC2CC[C@@H]13. The Morgan fingerprint density at radius 3 is 2.80 bits per heavy atom. The van der Waals surface area contributed by atoms with E-state index in [4.69, 9.17) is 18.9 Å². The van der Waals surface area contributed by atoms with Gasteiger partial charge in [-0.2, -0.15) is 0 Å². The Labute approximate surface area is 147 Å². The standard InChI is InChI=1S/C20H24O5/c1-22-19-15-8-7-13-9-14(21)10-20(13,15)17-16(24-19)11-23-18(25-17)12-5-3-2-4-6-12/h2-6,13,15-19H,7-11H2,1H3/t13?,15-,16+,17+,18+,19-,20-/m0/s1. The number of methoxy groups -OCH3 is 1. The first-order valence-corrected chi connectivity index (χ1v) is 9.24. The molecule has 5 nitrogen and oxygen atoms in total. The van der Waals surface area contributed by atoms with Gasteiger partial charge in [0, 0.05) is 36.8 Å². The van der Waals surface area contributed by atoms with E-state index >= 15 is 0 Å². The average Bonchev–Trinajstić information content (AvgIpc) is 3.16. The van der Waals surface area contributed by atoms with Gasteiger partial charge in [-0.3, -0.25) is 4.79 Å². The Morgan fingerprint density at radius 1 is 1.16 bits per heavy atom. The predicted octanol–water partition coefficient (Wildman–Crippen LogP) is 2.85. The van der Waals surface area contributed by atoms with Gasteiger partial charge in [-0.25, -0.2) is 0 Å². The summed E-state index contributed by atoms with van der Waals surface area (Å²) in [4.78, 5) is 12.4. The Balaban J connectivity index is 1.51. The lowest BCUT2D eigenvalue weighted by molar-refractivity contribution is -0.362. The molecule has 2 aliphatic carbocycles. The number of benzene rings is 1. The van der Waals surface area contributed by atoms with Crippen molar-refractivity contribution in [1.29, 1.82) is 0 Å². The first kappa shape index (κ1) is 15.9. The molecule has 2 saturated heterocycles. The summed E-state index contributed by atoms with van der Waals surface area (Å²) in [6.07, 6.45) is 2.43. The molecule has 0 radical (unpaired) electrons. The molecule has 1 aromatic carbocycles. The smallest absolute Gasteiger partial charge is 0.184 e. The zero-order valence-corrected chi connectivity index (χ0v) is 14.4. The molecule has 0 N–H and O–H groups in total. The molecule has 1 spiro atoms. The maximum absolute atomic E-state index is 12.4. The van der Waals surface area contributed by atoms with Crippen molar-refractivity contribution >= 4 is 5.78 Å². The number of carbonyl (C=O) groups is 1. The van der Waals surface area contributed by atoms with Crippen LogP contribution in [0.1, 0.15) is 37.5 Å². The quantitative estimate of drug-likeness (QED) is 0.826. The fraction of sp³-hybridized carbons (Fsp3) is 0.650. The van der Waals surface area contributed by atoms with Gasteiger partial charge in [-0.15, -0.1) is 0 Å². The molecule has 25 heavy (non-hydrogen) atoms. The molecular weight excluding hydrogens is 320 g/mol.